The van der Waals surface area contributed by atoms with E-state index in [4.69, 9.17) is 9.47 Å². The zero-order chi connectivity index (χ0) is 15.3. The maximum Gasteiger partial charge on any atom is 0.0575 e. The number of rotatable bonds is 6. The van der Waals surface area contributed by atoms with E-state index in [0.717, 1.165) is 51.7 Å². The molecule has 2 saturated heterocycles. The van der Waals surface area contributed by atoms with E-state index in [-0.39, 0.29) is 0 Å². The Labute approximate surface area is 136 Å². The van der Waals surface area contributed by atoms with Gasteiger partial charge < -0.3 is 9.47 Å². The molecule has 0 amide bonds. The van der Waals surface area contributed by atoms with E-state index in [0.29, 0.717) is 12.2 Å². The Morgan fingerprint density at radius 2 is 1.18 bits per heavy atom. The molecule has 0 radical (unpaired) electrons. The Balaban J connectivity index is 1.44. The van der Waals surface area contributed by atoms with Crippen LogP contribution in [0.1, 0.15) is 77.0 Å². The van der Waals surface area contributed by atoms with Gasteiger partial charge in [-0.25, -0.2) is 0 Å². The van der Waals surface area contributed by atoms with Gasteiger partial charge in [0.15, 0.2) is 0 Å². The predicted octanol–water partition coefficient (Wildman–Crippen LogP) is 4.47. The number of hydrogen-bond acceptors (Lipinski definition) is 2. The summed E-state index contributed by atoms with van der Waals surface area (Å²) in [5.74, 6) is 12.3. The maximum atomic E-state index is 5.71. The lowest BCUT2D eigenvalue weighted by molar-refractivity contribution is 0.0102. The van der Waals surface area contributed by atoms with Gasteiger partial charge in [-0.1, -0.05) is 11.8 Å². The first-order valence-corrected chi connectivity index (χ1v) is 9.14. The van der Waals surface area contributed by atoms with Crippen LogP contribution in [0.15, 0.2) is 0 Å². The molecule has 2 rings (SSSR count). The lowest BCUT2D eigenvalue weighted by atomic mass is 10.0. The third kappa shape index (κ3) is 7.88. The van der Waals surface area contributed by atoms with Crippen molar-refractivity contribution >= 4 is 0 Å². The van der Waals surface area contributed by atoms with Gasteiger partial charge in [-0.05, 0) is 76.0 Å². The van der Waals surface area contributed by atoms with Crippen molar-refractivity contribution in [3.8, 4) is 23.7 Å². The summed E-state index contributed by atoms with van der Waals surface area (Å²) in [7, 11) is 0. The van der Waals surface area contributed by atoms with Crippen LogP contribution in [0.5, 0.6) is 0 Å². The fraction of sp³-hybridized carbons (Fsp3) is 0.800. The summed E-state index contributed by atoms with van der Waals surface area (Å²) in [5, 5.41) is 0. The van der Waals surface area contributed by atoms with Crippen LogP contribution in [0.4, 0.5) is 0 Å². The molecule has 22 heavy (non-hydrogen) atoms. The zero-order valence-electron chi connectivity index (χ0n) is 13.9. The van der Waals surface area contributed by atoms with Gasteiger partial charge >= 0.3 is 0 Å². The van der Waals surface area contributed by atoms with Crippen LogP contribution in [0.25, 0.3) is 0 Å². The molecule has 2 heteroatoms. The molecule has 2 atom stereocenters. The van der Waals surface area contributed by atoms with Gasteiger partial charge in [-0.2, -0.15) is 0 Å². The van der Waals surface area contributed by atoms with E-state index in [1.807, 2.05) is 0 Å². The largest absolute Gasteiger partial charge is 0.378 e. The Morgan fingerprint density at radius 1 is 0.682 bits per heavy atom. The van der Waals surface area contributed by atoms with Crippen LogP contribution >= 0.6 is 0 Å². The fourth-order valence-electron chi connectivity index (χ4n) is 3.12. The molecule has 0 saturated carbocycles. The van der Waals surface area contributed by atoms with Gasteiger partial charge in [-0.3, -0.25) is 0 Å². The lowest BCUT2D eigenvalue weighted by Crippen LogP contribution is -2.18. The van der Waals surface area contributed by atoms with Crippen LogP contribution in [0, 0.1) is 23.7 Å². The average Bonchev–Trinajstić information content (AvgIpc) is 2.58. The number of ether oxygens (including phenoxy) is 2. The molecular formula is C20H30O2. The lowest BCUT2D eigenvalue weighted by Gasteiger charge is -2.21. The standard InChI is InChI=1S/C20H30O2/c1(3-5-7-13-19-15-9-11-17-21-19)2-4-6-8-14-20-16-10-12-18-22-20/h19-20H,5-18H2. The van der Waals surface area contributed by atoms with Crippen molar-refractivity contribution in [2.75, 3.05) is 13.2 Å². The SMILES string of the molecule is C(C#CCCCC1CCCCO1)#CCCCC1CCCCO1. The second-order valence-electron chi connectivity index (χ2n) is 6.37. The van der Waals surface area contributed by atoms with Crippen molar-refractivity contribution < 1.29 is 9.47 Å². The average molecular weight is 302 g/mol. The minimum absolute atomic E-state index is 0.489. The molecule has 2 aliphatic rings. The van der Waals surface area contributed by atoms with Crippen LogP contribution < -0.4 is 0 Å². The molecule has 0 N–H and O–H groups in total. The molecule has 2 unspecified atom stereocenters. The van der Waals surface area contributed by atoms with E-state index in [2.05, 4.69) is 23.7 Å². The van der Waals surface area contributed by atoms with Gasteiger partial charge in [0, 0.05) is 26.1 Å². The van der Waals surface area contributed by atoms with Crippen molar-refractivity contribution in [3.05, 3.63) is 0 Å². The highest BCUT2D eigenvalue weighted by molar-refractivity contribution is 5.25. The van der Waals surface area contributed by atoms with E-state index in [1.165, 1.54) is 38.5 Å². The van der Waals surface area contributed by atoms with E-state index < -0.39 is 0 Å². The fourth-order valence-corrected chi connectivity index (χ4v) is 3.12. The smallest absolute Gasteiger partial charge is 0.0575 e. The van der Waals surface area contributed by atoms with E-state index in [9.17, 15) is 0 Å². The first-order valence-electron chi connectivity index (χ1n) is 9.14. The minimum Gasteiger partial charge on any atom is -0.378 e. The number of hydrogen-bond donors (Lipinski definition) is 0. The summed E-state index contributed by atoms with van der Waals surface area (Å²) < 4.78 is 11.4. The molecule has 2 heterocycles. The summed E-state index contributed by atoms with van der Waals surface area (Å²) in [6.07, 6.45) is 15.1. The molecule has 2 fully saturated rings. The molecular weight excluding hydrogens is 272 g/mol. The van der Waals surface area contributed by atoms with Gasteiger partial charge in [0.05, 0.1) is 12.2 Å². The molecule has 0 spiro atoms. The highest BCUT2D eigenvalue weighted by Gasteiger charge is 2.13. The van der Waals surface area contributed by atoms with Crippen molar-refractivity contribution in [2.24, 2.45) is 0 Å². The van der Waals surface area contributed by atoms with E-state index in [1.54, 1.807) is 0 Å². The summed E-state index contributed by atoms with van der Waals surface area (Å²) in [4.78, 5) is 0. The first-order chi connectivity index (χ1) is 10.9. The molecule has 0 bridgehead atoms. The van der Waals surface area contributed by atoms with E-state index >= 15 is 0 Å². The Morgan fingerprint density at radius 3 is 1.59 bits per heavy atom. The van der Waals surface area contributed by atoms with Crippen molar-refractivity contribution in [2.45, 2.75) is 89.3 Å². The summed E-state index contributed by atoms with van der Waals surface area (Å²) >= 11 is 0. The van der Waals surface area contributed by atoms with Gasteiger partial charge in [0.2, 0.25) is 0 Å². The Hall–Kier alpha value is -0.960. The minimum atomic E-state index is 0.489. The summed E-state index contributed by atoms with van der Waals surface area (Å²) in [6, 6.07) is 0. The van der Waals surface area contributed by atoms with Gasteiger partial charge in [0.1, 0.15) is 0 Å². The summed E-state index contributed by atoms with van der Waals surface area (Å²) in [5.41, 5.74) is 0. The molecule has 0 aliphatic carbocycles. The second kappa shape index (κ2) is 11.6. The molecule has 0 aromatic carbocycles. The Kier molecular flexibility index (Phi) is 9.16. The third-order valence-electron chi connectivity index (χ3n) is 4.44. The topological polar surface area (TPSA) is 18.5 Å². The van der Waals surface area contributed by atoms with Gasteiger partial charge in [-0.15, -0.1) is 0 Å². The van der Waals surface area contributed by atoms with Crippen LogP contribution in [-0.2, 0) is 9.47 Å². The van der Waals surface area contributed by atoms with Crippen LogP contribution in [0.2, 0.25) is 0 Å². The highest BCUT2D eigenvalue weighted by atomic mass is 16.5. The maximum absolute atomic E-state index is 5.71. The highest BCUT2D eigenvalue weighted by Crippen LogP contribution is 2.18. The second-order valence-corrected chi connectivity index (χ2v) is 6.37. The zero-order valence-corrected chi connectivity index (χ0v) is 13.9. The van der Waals surface area contributed by atoms with Crippen molar-refractivity contribution in [3.63, 3.8) is 0 Å². The van der Waals surface area contributed by atoms with Crippen molar-refractivity contribution in [1.82, 2.24) is 0 Å². The molecule has 2 aliphatic heterocycles. The Bertz CT molecular complexity index is 355. The van der Waals surface area contributed by atoms with Crippen molar-refractivity contribution in [1.29, 1.82) is 0 Å². The normalized spacial score (nSPS) is 24.7. The number of unbranched alkanes of at least 4 members (excludes halogenated alkanes) is 2. The predicted molar refractivity (Wildman–Crippen MR) is 90.4 cm³/mol. The van der Waals surface area contributed by atoms with Crippen LogP contribution in [-0.4, -0.2) is 25.4 Å². The molecule has 122 valence electrons. The van der Waals surface area contributed by atoms with Gasteiger partial charge in [0.25, 0.3) is 0 Å². The molecule has 0 aromatic rings. The quantitative estimate of drug-likeness (QED) is 0.532. The molecule has 2 nitrogen and oxygen atoms in total. The molecule has 0 aromatic heterocycles. The first kappa shape index (κ1) is 17.4. The third-order valence-corrected chi connectivity index (χ3v) is 4.44. The van der Waals surface area contributed by atoms with Crippen LogP contribution in [0.3, 0.4) is 0 Å². The monoisotopic (exact) mass is 302 g/mol. The summed E-state index contributed by atoms with van der Waals surface area (Å²) in [6.45, 7) is 1.90.